The first-order valence-corrected chi connectivity index (χ1v) is 11.0. The Bertz CT molecular complexity index is 1010. The molecule has 2 aromatic rings. The highest BCUT2D eigenvalue weighted by molar-refractivity contribution is 7.92. The number of hydrogen-bond acceptors (Lipinski definition) is 5. The van der Waals surface area contributed by atoms with Gasteiger partial charge in [-0.2, -0.15) is 0 Å². The maximum atomic E-state index is 12.5. The van der Waals surface area contributed by atoms with Crippen molar-refractivity contribution >= 4 is 38.9 Å². The summed E-state index contributed by atoms with van der Waals surface area (Å²) in [6.45, 7) is 0.290. The van der Waals surface area contributed by atoms with Gasteiger partial charge in [0, 0.05) is 24.3 Å². The minimum atomic E-state index is -3.71. The second kappa shape index (κ2) is 8.52. The van der Waals surface area contributed by atoms with Crippen molar-refractivity contribution in [2.75, 3.05) is 41.0 Å². The maximum Gasteiger partial charge on any atom is 0.245 e. The number of carbonyl (C=O) groups excluding carboxylic acids is 2. The van der Waals surface area contributed by atoms with Crippen LogP contribution >= 0.6 is 0 Å². The van der Waals surface area contributed by atoms with Crippen LogP contribution in [0, 0.1) is 0 Å². The fourth-order valence-electron chi connectivity index (χ4n) is 3.19. The Morgan fingerprint density at radius 2 is 1.86 bits per heavy atom. The van der Waals surface area contributed by atoms with Crippen LogP contribution in [0.2, 0.25) is 0 Å². The number of para-hydroxylation sites is 2. The van der Waals surface area contributed by atoms with Crippen molar-refractivity contribution < 1.29 is 22.7 Å². The third kappa shape index (κ3) is 4.86. The molecule has 1 N–H and O–H groups in total. The number of nitrogens with one attached hydrogen (secondary N) is 1. The van der Waals surface area contributed by atoms with E-state index < -0.39 is 22.5 Å². The molecule has 1 aliphatic heterocycles. The van der Waals surface area contributed by atoms with Crippen LogP contribution in [0.3, 0.4) is 0 Å². The van der Waals surface area contributed by atoms with Gasteiger partial charge < -0.3 is 15.0 Å². The normalized spacial score (nSPS) is 14.0. The van der Waals surface area contributed by atoms with Crippen LogP contribution in [0.4, 0.5) is 17.1 Å². The lowest BCUT2D eigenvalue weighted by atomic mass is 10.2. The van der Waals surface area contributed by atoms with Gasteiger partial charge in [0.1, 0.15) is 12.3 Å². The first-order valence-electron chi connectivity index (χ1n) is 9.10. The lowest BCUT2D eigenvalue weighted by Crippen LogP contribution is -2.37. The summed E-state index contributed by atoms with van der Waals surface area (Å²) in [5.74, 6) is -0.0564. The zero-order chi connectivity index (χ0) is 21.0. The molecule has 2 aromatic carbocycles. The van der Waals surface area contributed by atoms with Crippen LogP contribution in [0.15, 0.2) is 48.5 Å². The molecule has 0 atom stereocenters. The molecule has 9 heteroatoms. The topological polar surface area (TPSA) is 96.0 Å². The number of ether oxygens (including phenoxy) is 1. The van der Waals surface area contributed by atoms with Crippen molar-refractivity contribution in [2.45, 2.75) is 12.8 Å². The van der Waals surface area contributed by atoms with Crippen LogP contribution in [0.25, 0.3) is 0 Å². The molecule has 154 valence electrons. The van der Waals surface area contributed by atoms with Crippen LogP contribution in [0.1, 0.15) is 12.8 Å². The van der Waals surface area contributed by atoms with Gasteiger partial charge in [-0.15, -0.1) is 0 Å². The fraction of sp³-hybridized carbons (Fsp3) is 0.300. The molecule has 0 unspecified atom stereocenters. The lowest BCUT2D eigenvalue weighted by molar-refractivity contribution is -0.117. The number of carbonyl (C=O) groups is 2. The molecule has 0 saturated carbocycles. The fourth-order valence-corrected chi connectivity index (χ4v) is 4.05. The van der Waals surface area contributed by atoms with Gasteiger partial charge in [-0.3, -0.25) is 13.9 Å². The molecule has 0 radical (unpaired) electrons. The van der Waals surface area contributed by atoms with Gasteiger partial charge in [-0.05, 0) is 42.8 Å². The summed E-state index contributed by atoms with van der Waals surface area (Å²) < 4.78 is 30.7. The van der Waals surface area contributed by atoms with Crippen molar-refractivity contribution in [3.8, 4) is 5.75 Å². The molecule has 0 aromatic heterocycles. The van der Waals surface area contributed by atoms with Gasteiger partial charge in [0.05, 0.1) is 19.1 Å². The monoisotopic (exact) mass is 417 g/mol. The number of hydrogen-bond donors (Lipinski definition) is 1. The number of nitrogens with zero attached hydrogens (tertiary/aromatic N) is 2. The van der Waals surface area contributed by atoms with Gasteiger partial charge in [0.15, 0.2) is 0 Å². The quantitative estimate of drug-likeness (QED) is 0.745. The molecule has 1 fully saturated rings. The molecule has 1 aliphatic rings. The number of benzene rings is 2. The highest BCUT2D eigenvalue weighted by Crippen LogP contribution is 2.29. The van der Waals surface area contributed by atoms with Crippen molar-refractivity contribution in [1.29, 1.82) is 0 Å². The molecular formula is C20H23N3O5S. The van der Waals surface area contributed by atoms with E-state index in [1.807, 2.05) is 0 Å². The number of sulfonamides is 1. The molecule has 29 heavy (non-hydrogen) atoms. The van der Waals surface area contributed by atoms with E-state index in [-0.39, 0.29) is 11.6 Å². The highest BCUT2D eigenvalue weighted by atomic mass is 32.2. The second-order valence-electron chi connectivity index (χ2n) is 6.69. The average Bonchev–Trinajstić information content (AvgIpc) is 3.12. The Morgan fingerprint density at radius 3 is 2.45 bits per heavy atom. The number of rotatable bonds is 7. The Morgan fingerprint density at radius 1 is 1.17 bits per heavy atom. The lowest BCUT2D eigenvalue weighted by Gasteiger charge is -2.23. The predicted molar refractivity (Wildman–Crippen MR) is 112 cm³/mol. The van der Waals surface area contributed by atoms with E-state index in [1.165, 1.54) is 7.11 Å². The summed E-state index contributed by atoms with van der Waals surface area (Å²) in [4.78, 5) is 26.0. The molecule has 3 rings (SSSR count). The third-order valence-electron chi connectivity index (χ3n) is 4.58. The zero-order valence-electron chi connectivity index (χ0n) is 16.3. The first-order chi connectivity index (χ1) is 13.8. The maximum absolute atomic E-state index is 12.5. The Hall–Kier alpha value is -3.07. The van der Waals surface area contributed by atoms with Crippen LogP contribution < -0.4 is 19.3 Å². The first kappa shape index (κ1) is 20.7. The third-order valence-corrected chi connectivity index (χ3v) is 5.70. The zero-order valence-corrected chi connectivity index (χ0v) is 17.1. The van der Waals surface area contributed by atoms with Crippen LogP contribution in [-0.4, -0.2) is 46.7 Å². The predicted octanol–water partition coefficient (Wildman–Crippen LogP) is 2.23. The van der Waals surface area contributed by atoms with Gasteiger partial charge in [-0.1, -0.05) is 12.1 Å². The standard InChI is InChI=1S/C20H23N3O5S/c1-28-18-7-4-3-6-17(18)23(29(2,26)27)14-19(24)21-15-9-11-16(12-10-15)22-13-5-8-20(22)25/h3-4,6-7,9-12H,5,8,13-14H2,1-2H3,(H,21,24). The van der Waals surface area contributed by atoms with Gasteiger partial charge in [0.25, 0.3) is 0 Å². The van der Waals surface area contributed by atoms with Crippen molar-refractivity contribution in [2.24, 2.45) is 0 Å². The summed E-state index contributed by atoms with van der Waals surface area (Å²) in [6, 6.07) is 13.5. The van der Waals surface area contributed by atoms with Crippen LogP contribution in [-0.2, 0) is 19.6 Å². The van der Waals surface area contributed by atoms with E-state index in [0.29, 0.717) is 24.4 Å². The number of anilines is 3. The van der Waals surface area contributed by atoms with Crippen molar-refractivity contribution in [3.05, 3.63) is 48.5 Å². The van der Waals surface area contributed by atoms with E-state index in [0.717, 1.165) is 22.7 Å². The molecule has 1 heterocycles. The molecule has 1 saturated heterocycles. The summed E-state index contributed by atoms with van der Waals surface area (Å²) >= 11 is 0. The Kier molecular flexibility index (Phi) is 6.07. The molecular weight excluding hydrogens is 394 g/mol. The molecule has 2 amide bonds. The molecule has 0 spiro atoms. The number of amides is 2. The Balaban J connectivity index is 1.73. The highest BCUT2D eigenvalue weighted by Gasteiger charge is 2.24. The van der Waals surface area contributed by atoms with Crippen molar-refractivity contribution in [1.82, 2.24) is 0 Å². The van der Waals surface area contributed by atoms with Gasteiger partial charge in [0.2, 0.25) is 21.8 Å². The molecule has 0 aliphatic carbocycles. The minimum absolute atomic E-state index is 0.0855. The second-order valence-corrected chi connectivity index (χ2v) is 8.59. The summed E-state index contributed by atoms with van der Waals surface area (Å²) in [5, 5.41) is 2.69. The van der Waals surface area contributed by atoms with Gasteiger partial charge >= 0.3 is 0 Å². The van der Waals surface area contributed by atoms with E-state index in [9.17, 15) is 18.0 Å². The smallest absolute Gasteiger partial charge is 0.245 e. The Labute approximate surface area is 170 Å². The van der Waals surface area contributed by atoms with Crippen LogP contribution in [0.5, 0.6) is 5.75 Å². The van der Waals surface area contributed by atoms with Crippen molar-refractivity contribution in [3.63, 3.8) is 0 Å². The molecule has 0 bridgehead atoms. The summed E-state index contributed by atoms with van der Waals surface area (Å²) in [7, 11) is -2.28. The summed E-state index contributed by atoms with van der Waals surface area (Å²) in [6.07, 6.45) is 2.42. The SMILES string of the molecule is COc1ccccc1N(CC(=O)Nc1ccc(N2CCCC2=O)cc1)S(C)(=O)=O. The average molecular weight is 417 g/mol. The van der Waals surface area contributed by atoms with E-state index in [1.54, 1.807) is 53.4 Å². The van der Waals surface area contributed by atoms with E-state index in [4.69, 9.17) is 4.74 Å². The van der Waals surface area contributed by atoms with E-state index in [2.05, 4.69) is 5.32 Å². The molecule has 8 nitrogen and oxygen atoms in total. The summed E-state index contributed by atoms with van der Waals surface area (Å²) in [5.41, 5.74) is 1.58. The van der Waals surface area contributed by atoms with Gasteiger partial charge in [-0.25, -0.2) is 8.42 Å². The largest absolute Gasteiger partial charge is 0.495 e. The van der Waals surface area contributed by atoms with E-state index >= 15 is 0 Å². The minimum Gasteiger partial charge on any atom is -0.495 e. The number of methoxy groups -OCH3 is 1.